The van der Waals surface area contributed by atoms with Crippen LogP contribution in [-0.4, -0.2) is 42.7 Å². The van der Waals surface area contributed by atoms with Crippen LogP contribution in [0.4, 0.5) is 0 Å². The third-order valence-electron chi connectivity index (χ3n) is 4.09. The van der Waals surface area contributed by atoms with Gasteiger partial charge in [0.15, 0.2) is 22.8 Å². The molecule has 1 aromatic carbocycles. The fourth-order valence-corrected chi connectivity index (χ4v) is 2.74. The molecule has 10 nitrogen and oxygen atoms in total. The molecule has 0 bridgehead atoms. The molecular weight excluding hydrogens is 378 g/mol. The standard InChI is InChI=1S/C19H19N5O5/c1-11(25)7-5-6-10-24-22-13(17(20)26)14(23-24)18-21-15(19(27)28)16(29-18)12-8-3-2-4-9-12/h2-4,8-9H,5-7,10H2,1H3,(H2,20,26)(H,27,28). The van der Waals surface area contributed by atoms with Crippen LogP contribution >= 0.6 is 0 Å². The minimum atomic E-state index is -1.28. The number of carboxylic acids is 1. The van der Waals surface area contributed by atoms with Gasteiger partial charge in [-0.3, -0.25) is 4.79 Å². The first-order valence-electron chi connectivity index (χ1n) is 8.91. The van der Waals surface area contributed by atoms with Crippen molar-refractivity contribution in [1.29, 1.82) is 0 Å². The molecule has 1 amide bonds. The Balaban J connectivity index is 1.96. The number of rotatable bonds is 9. The lowest BCUT2D eigenvalue weighted by atomic mass is 10.1. The van der Waals surface area contributed by atoms with Gasteiger partial charge in [0.25, 0.3) is 11.8 Å². The Morgan fingerprint density at radius 1 is 1.10 bits per heavy atom. The highest BCUT2D eigenvalue weighted by atomic mass is 16.4. The molecular formula is C19H19N5O5. The second-order valence-corrected chi connectivity index (χ2v) is 6.38. The van der Waals surface area contributed by atoms with Gasteiger partial charge in [0.1, 0.15) is 5.78 Å². The molecule has 0 aliphatic heterocycles. The number of carbonyl (C=O) groups excluding carboxylic acids is 2. The van der Waals surface area contributed by atoms with Crippen molar-refractivity contribution in [3.63, 3.8) is 0 Å². The SMILES string of the molecule is CC(=O)CCCCn1nc(C(N)=O)c(-c2nc(C(=O)O)c(-c3ccccc3)o2)n1. The Kier molecular flexibility index (Phi) is 5.82. The molecule has 0 aliphatic carbocycles. The van der Waals surface area contributed by atoms with Crippen molar-refractivity contribution in [2.45, 2.75) is 32.7 Å². The molecule has 0 spiro atoms. The number of ketones is 1. The van der Waals surface area contributed by atoms with E-state index in [1.807, 2.05) is 0 Å². The van der Waals surface area contributed by atoms with E-state index in [1.54, 1.807) is 30.3 Å². The Hall–Kier alpha value is -3.82. The fourth-order valence-electron chi connectivity index (χ4n) is 2.74. The number of aromatic carboxylic acids is 1. The predicted molar refractivity (Wildman–Crippen MR) is 101 cm³/mol. The molecule has 0 unspecified atom stereocenters. The maximum atomic E-state index is 11.8. The van der Waals surface area contributed by atoms with E-state index in [0.29, 0.717) is 31.4 Å². The largest absolute Gasteiger partial charge is 0.476 e. The molecule has 3 aromatic rings. The summed E-state index contributed by atoms with van der Waals surface area (Å²) in [6.45, 7) is 1.87. The lowest BCUT2D eigenvalue weighted by Gasteiger charge is -1.98. The number of oxazole rings is 1. The van der Waals surface area contributed by atoms with E-state index in [4.69, 9.17) is 10.2 Å². The molecule has 3 rings (SSSR count). The van der Waals surface area contributed by atoms with Crippen LogP contribution in [-0.2, 0) is 11.3 Å². The number of nitrogens with two attached hydrogens (primary N) is 1. The first-order chi connectivity index (χ1) is 13.9. The smallest absolute Gasteiger partial charge is 0.358 e. The number of Topliss-reactive ketones (excluding diaryl/α,β-unsaturated/α-hetero) is 1. The second-order valence-electron chi connectivity index (χ2n) is 6.38. The van der Waals surface area contributed by atoms with Gasteiger partial charge in [0, 0.05) is 12.0 Å². The first-order valence-corrected chi connectivity index (χ1v) is 8.91. The monoisotopic (exact) mass is 397 g/mol. The number of nitrogens with zero attached hydrogens (tertiary/aromatic N) is 4. The van der Waals surface area contributed by atoms with Crippen LogP contribution in [0.3, 0.4) is 0 Å². The Morgan fingerprint density at radius 2 is 1.83 bits per heavy atom. The summed E-state index contributed by atoms with van der Waals surface area (Å²) < 4.78 is 5.65. The van der Waals surface area contributed by atoms with Gasteiger partial charge in [-0.25, -0.2) is 4.79 Å². The molecule has 0 fully saturated rings. The number of primary amides is 1. The third-order valence-corrected chi connectivity index (χ3v) is 4.09. The highest BCUT2D eigenvalue weighted by Gasteiger charge is 2.27. The van der Waals surface area contributed by atoms with E-state index in [9.17, 15) is 19.5 Å². The summed E-state index contributed by atoms with van der Waals surface area (Å²) in [7, 11) is 0. The summed E-state index contributed by atoms with van der Waals surface area (Å²) in [5.74, 6) is -2.15. The minimum Gasteiger partial charge on any atom is -0.476 e. The molecule has 29 heavy (non-hydrogen) atoms. The van der Waals surface area contributed by atoms with Gasteiger partial charge in [-0.05, 0) is 19.8 Å². The third kappa shape index (κ3) is 4.54. The van der Waals surface area contributed by atoms with Crippen molar-refractivity contribution >= 4 is 17.7 Å². The summed E-state index contributed by atoms with van der Waals surface area (Å²) >= 11 is 0. The van der Waals surface area contributed by atoms with E-state index in [-0.39, 0.29) is 34.5 Å². The number of benzene rings is 1. The quantitative estimate of drug-likeness (QED) is 0.521. The second kappa shape index (κ2) is 8.46. The summed E-state index contributed by atoms with van der Waals surface area (Å²) in [5, 5.41) is 17.7. The van der Waals surface area contributed by atoms with Gasteiger partial charge in [-0.2, -0.15) is 9.78 Å². The van der Waals surface area contributed by atoms with Gasteiger partial charge in [0.2, 0.25) is 0 Å². The van der Waals surface area contributed by atoms with Crippen molar-refractivity contribution in [3.8, 4) is 22.9 Å². The van der Waals surface area contributed by atoms with Crippen LogP contribution in [0.1, 0.15) is 47.2 Å². The fraction of sp³-hybridized carbons (Fsp3) is 0.263. The maximum absolute atomic E-state index is 11.8. The number of carbonyl (C=O) groups is 3. The number of amides is 1. The van der Waals surface area contributed by atoms with E-state index in [1.165, 1.54) is 11.7 Å². The summed E-state index contributed by atoms with van der Waals surface area (Å²) in [6, 6.07) is 8.60. The average Bonchev–Trinajstić information content (AvgIpc) is 3.30. The maximum Gasteiger partial charge on any atom is 0.358 e. The van der Waals surface area contributed by atoms with Crippen molar-refractivity contribution in [3.05, 3.63) is 41.7 Å². The average molecular weight is 397 g/mol. The molecule has 150 valence electrons. The molecule has 0 saturated heterocycles. The molecule has 0 radical (unpaired) electrons. The van der Waals surface area contributed by atoms with Crippen LogP contribution in [0.25, 0.3) is 22.9 Å². The zero-order chi connectivity index (χ0) is 21.0. The topological polar surface area (TPSA) is 154 Å². The minimum absolute atomic E-state index is 0.0336. The number of unbranched alkanes of at least 4 members (excludes halogenated alkanes) is 1. The zero-order valence-electron chi connectivity index (χ0n) is 15.7. The lowest BCUT2D eigenvalue weighted by Crippen LogP contribution is -2.13. The van der Waals surface area contributed by atoms with Crippen LogP contribution < -0.4 is 5.73 Å². The molecule has 2 heterocycles. The number of hydrogen-bond donors (Lipinski definition) is 2. The van der Waals surface area contributed by atoms with Crippen molar-refractivity contribution in [2.24, 2.45) is 5.73 Å². The first kappa shape index (κ1) is 19.9. The van der Waals surface area contributed by atoms with Gasteiger partial charge in [0.05, 0.1) is 6.54 Å². The van der Waals surface area contributed by atoms with Crippen LogP contribution in [0, 0.1) is 0 Å². The summed E-state index contributed by atoms with van der Waals surface area (Å²) in [4.78, 5) is 39.7. The summed E-state index contributed by atoms with van der Waals surface area (Å²) in [6.07, 6.45) is 1.71. The molecule has 0 aliphatic rings. The van der Waals surface area contributed by atoms with E-state index in [0.717, 1.165) is 0 Å². The molecule has 3 N–H and O–H groups in total. The Bertz CT molecular complexity index is 1050. The van der Waals surface area contributed by atoms with Crippen LogP contribution in [0.15, 0.2) is 34.7 Å². The van der Waals surface area contributed by atoms with Crippen LogP contribution in [0.2, 0.25) is 0 Å². The highest BCUT2D eigenvalue weighted by Crippen LogP contribution is 2.30. The number of aryl methyl sites for hydroxylation is 1. The highest BCUT2D eigenvalue weighted by molar-refractivity contribution is 5.97. The van der Waals surface area contributed by atoms with Crippen molar-refractivity contribution in [2.75, 3.05) is 0 Å². The van der Waals surface area contributed by atoms with Gasteiger partial charge in [-0.15, -0.1) is 10.2 Å². The van der Waals surface area contributed by atoms with Gasteiger partial charge < -0.3 is 20.1 Å². The summed E-state index contributed by atoms with van der Waals surface area (Å²) in [5.41, 5.74) is 5.39. The molecule has 10 heteroatoms. The predicted octanol–water partition coefficient (Wildman–Crippen LogP) is 2.16. The van der Waals surface area contributed by atoms with E-state index < -0.39 is 11.9 Å². The Morgan fingerprint density at radius 3 is 2.45 bits per heavy atom. The number of hydrogen-bond acceptors (Lipinski definition) is 7. The Labute approximate surface area is 165 Å². The van der Waals surface area contributed by atoms with Gasteiger partial charge in [-0.1, -0.05) is 30.3 Å². The molecule has 0 saturated carbocycles. The van der Waals surface area contributed by atoms with Crippen molar-refractivity contribution in [1.82, 2.24) is 20.0 Å². The molecule has 0 atom stereocenters. The molecule has 2 aromatic heterocycles. The van der Waals surface area contributed by atoms with Crippen LogP contribution in [0.5, 0.6) is 0 Å². The lowest BCUT2D eigenvalue weighted by molar-refractivity contribution is -0.117. The van der Waals surface area contributed by atoms with E-state index in [2.05, 4.69) is 15.2 Å². The van der Waals surface area contributed by atoms with Crippen molar-refractivity contribution < 1.29 is 23.9 Å². The normalized spacial score (nSPS) is 10.8. The number of aromatic nitrogens is 4. The van der Waals surface area contributed by atoms with E-state index >= 15 is 0 Å². The number of carboxylic acid groups (broad SMARTS) is 1. The zero-order valence-corrected chi connectivity index (χ0v) is 15.7. The van der Waals surface area contributed by atoms with Gasteiger partial charge >= 0.3 is 5.97 Å².